The third-order valence-corrected chi connectivity index (χ3v) is 5.56. The number of hydrogen-bond acceptors (Lipinski definition) is 6. The van der Waals surface area contributed by atoms with Crippen molar-refractivity contribution in [2.24, 2.45) is 5.92 Å². The van der Waals surface area contributed by atoms with Crippen LogP contribution in [0.1, 0.15) is 50.2 Å². The molecule has 2 heterocycles. The van der Waals surface area contributed by atoms with Crippen LogP contribution in [0, 0.1) is 5.92 Å². The molecule has 1 aromatic carbocycles. The molecule has 0 amide bonds. The van der Waals surface area contributed by atoms with Gasteiger partial charge in [0, 0.05) is 5.56 Å². The molecule has 6 heteroatoms. The number of aromatic hydroxyl groups is 1. The Labute approximate surface area is 166 Å². The maximum Gasteiger partial charge on any atom is 0.132 e. The molecule has 1 aliphatic heterocycles. The summed E-state index contributed by atoms with van der Waals surface area (Å²) in [6.45, 7) is 2.41. The highest BCUT2D eigenvalue weighted by molar-refractivity contribution is 5.76. The third kappa shape index (κ3) is 4.23. The van der Waals surface area contributed by atoms with Gasteiger partial charge in [0.2, 0.25) is 0 Å². The number of pyridine rings is 1. The van der Waals surface area contributed by atoms with Crippen LogP contribution in [0.25, 0.3) is 11.3 Å². The number of piperidine rings is 1. The number of benzene rings is 1. The monoisotopic (exact) mass is 385 g/mol. The smallest absolute Gasteiger partial charge is 0.132 e. The maximum atomic E-state index is 10.5. The first-order valence-electron chi connectivity index (χ1n) is 9.73. The van der Waals surface area contributed by atoms with Gasteiger partial charge in [-0.05, 0) is 74.4 Å². The fraction of sp³-hybridized carbons (Fsp3) is 0.500. The number of anilines is 1. The highest BCUT2D eigenvalue weighted by Crippen LogP contribution is 2.41. The number of nitrogens with two attached hydrogens (primary N) is 1. The second kappa shape index (κ2) is 8.80. The zero-order valence-corrected chi connectivity index (χ0v) is 15.4. The van der Waals surface area contributed by atoms with E-state index in [4.69, 9.17) is 10.5 Å². The van der Waals surface area contributed by atoms with E-state index in [-0.39, 0.29) is 19.8 Å². The van der Waals surface area contributed by atoms with Crippen molar-refractivity contribution in [3.63, 3.8) is 0 Å². The van der Waals surface area contributed by atoms with E-state index in [0.29, 0.717) is 46.8 Å². The average Bonchev–Trinajstić information content (AvgIpc) is 3.51. The minimum Gasteiger partial charge on any atom is -0.507 e. The number of phenols is 1. The number of nitrogens with one attached hydrogen (secondary N) is 1. The van der Waals surface area contributed by atoms with Gasteiger partial charge >= 0.3 is 0 Å². The molecule has 152 valence electrons. The van der Waals surface area contributed by atoms with Crippen molar-refractivity contribution in [1.82, 2.24) is 10.3 Å². The summed E-state index contributed by atoms with van der Waals surface area (Å²) in [7, 11) is 0. The van der Waals surface area contributed by atoms with Crippen LogP contribution in [-0.4, -0.2) is 34.9 Å². The van der Waals surface area contributed by atoms with Gasteiger partial charge in [-0.15, -0.1) is 0 Å². The normalized spacial score (nSPS) is 17.2. The molecule has 0 bridgehead atoms. The average molecular weight is 386 g/mol. The van der Waals surface area contributed by atoms with Crippen molar-refractivity contribution in [2.45, 2.75) is 45.6 Å². The van der Waals surface area contributed by atoms with E-state index in [1.54, 1.807) is 12.1 Å². The number of hydrogen-bond donors (Lipinski definition) is 4. The highest BCUT2D eigenvalue weighted by atomic mass is 16.5. The Bertz CT molecular complexity index is 815. The van der Waals surface area contributed by atoms with Crippen molar-refractivity contribution < 1.29 is 14.9 Å². The van der Waals surface area contributed by atoms with Gasteiger partial charge in [0.25, 0.3) is 0 Å². The van der Waals surface area contributed by atoms with E-state index in [9.17, 15) is 10.2 Å². The number of nitrogens with zero attached hydrogens (tertiary/aromatic N) is 1. The minimum absolute atomic E-state index is 0. The Hall–Kier alpha value is -2.31. The molecule has 1 aliphatic carbocycles. The summed E-state index contributed by atoms with van der Waals surface area (Å²) < 4.78 is 5.98. The molecule has 1 saturated heterocycles. The molecule has 6 nitrogen and oxygen atoms in total. The lowest BCUT2D eigenvalue weighted by Gasteiger charge is -2.26. The Morgan fingerprint density at radius 2 is 1.93 bits per heavy atom. The molecule has 0 atom stereocenters. The molecule has 4 rings (SSSR count). The molecule has 0 spiro atoms. The molecule has 0 radical (unpaired) electrons. The minimum atomic E-state index is -0.135. The van der Waals surface area contributed by atoms with Crippen LogP contribution in [0.4, 0.5) is 5.82 Å². The number of aliphatic hydroxyl groups is 1. The Kier molecular flexibility index (Phi) is 6.42. The van der Waals surface area contributed by atoms with Gasteiger partial charge < -0.3 is 26.0 Å². The van der Waals surface area contributed by atoms with Crippen molar-refractivity contribution in [3.05, 3.63) is 35.4 Å². The van der Waals surface area contributed by atoms with Crippen LogP contribution in [0.15, 0.2) is 24.3 Å². The summed E-state index contributed by atoms with van der Waals surface area (Å²) >= 11 is 0. The first kappa shape index (κ1) is 20.4. The van der Waals surface area contributed by atoms with E-state index in [0.717, 1.165) is 31.5 Å². The van der Waals surface area contributed by atoms with E-state index >= 15 is 0 Å². The fourth-order valence-corrected chi connectivity index (χ4v) is 3.80. The quantitative estimate of drug-likeness (QED) is 0.608. The lowest BCUT2D eigenvalue weighted by molar-refractivity contribution is 0.279. The van der Waals surface area contributed by atoms with Crippen LogP contribution in [0.3, 0.4) is 0 Å². The summed E-state index contributed by atoms with van der Waals surface area (Å²) in [4.78, 5) is 4.50. The summed E-state index contributed by atoms with van der Waals surface area (Å²) in [5, 5.41) is 23.7. The molecule has 28 heavy (non-hydrogen) atoms. The molecule has 2 fully saturated rings. The third-order valence-electron chi connectivity index (χ3n) is 5.56. The van der Waals surface area contributed by atoms with Crippen molar-refractivity contribution >= 4 is 5.82 Å². The van der Waals surface area contributed by atoms with Crippen molar-refractivity contribution in [1.29, 1.82) is 0 Å². The number of phenolic OH excluding ortho intramolecular Hbond substituents is 1. The molecule has 1 saturated carbocycles. The number of ether oxygens (including phenoxy) is 1. The van der Waals surface area contributed by atoms with Gasteiger partial charge in [-0.1, -0.05) is 13.5 Å². The van der Waals surface area contributed by atoms with Crippen molar-refractivity contribution in [2.75, 3.05) is 25.4 Å². The standard InChI is InChI=1S/C21H27N3O3.CH4/c22-21-16(11-25)15(14-6-8-23-9-7-14)10-17(24-21)20-18(26)2-1-3-19(20)27-12-13-4-5-13;/h1-3,10,13-14,23,25-26H,4-9,11-12H2,(H2,22,24);1H4. The second-order valence-corrected chi connectivity index (χ2v) is 7.55. The predicted octanol–water partition coefficient (Wildman–Crippen LogP) is 3.42. The Morgan fingerprint density at radius 3 is 2.61 bits per heavy atom. The number of nitrogen functional groups attached to an aromatic ring is 1. The number of aromatic nitrogens is 1. The highest BCUT2D eigenvalue weighted by Gasteiger charge is 2.25. The van der Waals surface area contributed by atoms with E-state index in [1.807, 2.05) is 12.1 Å². The summed E-state index contributed by atoms with van der Waals surface area (Å²) in [5.74, 6) is 2.00. The first-order chi connectivity index (χ1) is 13.2. The molecular weight excluding hydrogens is 354 g/mol. The van der Waals surface area contributed by atoms with Gasteiger partial charge in [0.15, 0.2) is 0 Å². The van der Waals surface area contributed by atoms with Gasteiger partial charge in [-0.2, -0.15) is 0 Å². The van der Waals surface area contributed by atoms with Gasteiger partial charge in [-0.3, -0.25) is 0 Å². The number of rotatable bonds is 6. The van der Waals surface area contributed by atoms with Crippen LogP contribution < -0.4 is 15.8 Å². The predicted molar refractivity (Wildman–Crippen MR) is 111 cm³/mol. The second-order valence-electron chi connectivity index (χ2n) is 7.55. The van der Waals surface area contributed by atoms with Crippen LogP contribution in [-0.2, 0) is 6.61 Å². The van der Waals surface area contributed by atoms with E-state index in [2.05, 4.69) is 10.3 Å². The molecule has 2 aromatic rings. The Balaban J connectivity index is 0.00000225. The lowest BCUT2D eigenvalue weighted by Crippen LogP contribution is -2.27. The van der Waals surface area contributed by atoms with Crippen molar-refractivity contribution in [3.8, 4) is 22.8 Å². The lowest BCUT2D eigenvalue weighted by atomic mass is 9.86. The zero-order valence-electron chi connectivity index (χ0n) is 15.4. The van der Waals surface area contributed by atoms with E-state index in [1.165, 1.54) is 12.8 Å². The summed E-state index contributed by atoms with van der Waals surface area (Å²) in [6.07, 6.45) is 4.37. The van der Waals surface area contributed by atoms with E-state index < -0.39 is 0 Å². The molecule has 0 unspecified atom stereocenters. The van der Waals surface area contributed by atoms with Crippen LogP contribution in [0.5, 0.6) is 11.5 Å². The van der Waals surface area contributed by atoms with Gasteiger partial charge in [0.1, 0.15) is 17.3 Å². The Morgan fingerprint density at radius 1 is 1.18 bits per heavy atom. The number of aliphatic hydroxyl groups excluding tert-OH is 1. The maximum absolute atomic E-state index is 10.5. The topological polar surface area (TPSA) is 101 Å². The molecule has 5 N–H and O–H groups in total. The first-order valence-corrected chi connectivity index (χ1v) is 9.73. The van der Waals surface area contributed by atoms with Gasteiger partial charge in [-0.25, -0.2) is 4.98 Å². The molecule has 2 aliphatic rings. The summed E-state index contributed by atoms with van der Waals surface area (Å²) in [5.41, 5.74) is 9.09. The van der Waals surface area contributed by atoms with Crippen LogP contribution >= 0.6 is 0 Å². The zero-order chi connectivity index (χ0) is 18.8. The van der Waals surface area contributed by atoms with Gasteiger partial charge in [0.05, 0.1) is 24.5 Å². The molecule has 1 aromatic heterocycles. The molecular formula is C22H31N3O3. The van der Waals surface area contributed by atoms with Crippen LogP contribution in [0.2, 0.25) is 0 Å². The largest absolute Gasteiger partial charge is 0.507 e. The fourth-order valence-electron chi connectivity index (χ4n) is 3.80. The SMILES string of the molecule is C.Nc1nc(-c2c(O)cccc2OCC2CC2)cc(C2CCNCC2)c1CO. The summed E-state index contributed by atoms with van der Waals surface area (Å²) in [6, 6.07) is 7.25.